The maximum Gasteiger partial charge on any atom is 0.308 e. The van der Waals surface area contributed by atoms with Crippen molar-refractivity contribution in [3.63, 3.8) is 0 Å². The van der Waals surface area contributed by atoms with Gasteiger partial charge in [0.05, 0.1) is 12.3 Å². The molecule has 2 N–H and O–H groups in total. The molecular formula is C29H39N5O5. The minimum atomic E-state index is -1.13. The van der Waals surface area contributed by atoms with Crippen molar-refractivity contribution in [3.05, 3.63) is 40.5 Å². The Labute approximate surface area is 229 Å². The molecule has 1 fully saturated rings. The van der Waals surface area contributed by atoms with Gasteiger partial charge in [-0.3, -0.25) is 19.4 Å². The van der Waals surface area contributed by atoms with Crippen LogP contribution >= 0.6 is 0 Å². The van der Waals surface area contributed by atoms with E-state index in [2.05, 4.69) is 27.3 Å². The summed E-state index contributed by atoms with van der Waals surface area (Å²) in [5, 5.41) is 12.8. The van der Waals surface area contributed by atoms with Gasteiger partial charge in [0.2, 0.25) is 0 Å². The van der Waals surface area contributed by atoms with Crippen LogP contribution in [0.3, 0.4) is 0 Å². The molecule has 10 nitrogen and oxygen atoms in total. The maximum absolute atomic E-state index is 12.2. The molecular weight excluding hydrogens is 498 g/mol. The lowest BCUT2D eigenvalue weighted by molar-refractivity contribution is -0.157. The second kappa shape index (κ2) is 12.5. The average Bonchev–Trinajstić information content (AvgIpc) is 2.92. The number of rotatable bonds is 10. The van der Waals surface area contributed by atoms with Crippen LogP contribution in [0.5, 0.6) is 0 Å². The number of fused-ring (bicyclic) bond motifs is 1. The van der Waals surface area contributed by atoms with E-state index in [1.165, 1.54) is 43.6 Å². The number of nitrogens with one attached hydrogen (secondary N) is 1. The molecule has 0 saturated carbocycles. The molecule has 2 aliphatic rings. The maximum atomic E-state index is 12.2. The normalized spacial score (nSPS) is 17.2. The molecule has 2 aromatic rings. The summed E-state index contributed by atoms with van der Waals surface area (Å²) in [5.41, 5.74) is 4.72. The molecule has 1 saturated heterocycles. The fourth-order valence-electron chi connectivity index (χ4n) is 5.30. The minimum absolute atomic E-state index is 0.0122. The van der Waals surface area contributed by atoms with E-state index in [1.807, 2.05) is 13.8 Å². The molecule has 0 amide bonds. The topological polar surface area (TPSA) is 135 Å². The van der Waals surface area contributed by atoms with Gasteiger partial charge in [-0.15, -0.1) is 0 Å². The van der Waals surface area contributed by atoms with Crippen LogP contribution in [0.15, 0.2) is 12.1 Å². The second-order valence-electron chi connectivity index (χ2n) is 10.7. The van der Waals surface area contributed by atoms with E-state index < -0.39 is 24.0 Å². The van der Waals surface area contributed by atoms with Gasteiger partial charge in [-0.1, -0.05) is 6.07 Å². The van der Waals surface area contributed by atoms with Gasteiger partial charge in [0.1, 0.15) is 17.5 Å². The number of ketones is 1. The number of Topliss-reactive ketones (excluding diaryl/α,β-unsaturated/α-hetero) is 1. The molecule has 1 aliphatic heterocycles. The van der Waals surface area contributed by atoms with Gasteiger partial charge in [0, 0.05) is 42.5 Å². The lowest BCUT2D eigenvalue weighted by Gasteiger charge is -2.34. The third-order valence-corrected chi connectivity index (χ3v) is 7.80. The third kappa shape index (κ3) is 7.10. The first-order valence-electron chi connectivity index (χ1n) is 13.9. The van der Waals surface area contributed by atoms with Crippen molar-refractivity contribution >= 4 is 29.4 Å². The number of aromatic nitrogens is 3. The Kier molecular flexibility index (Phi) is 9.14. The molecule has 0 spiro atoms. The van der Waals surface area contributed by atoms with Crippen LogP contribution in [0.2, 0.25) is 0 Å². The monoisotopic (exact) mass is 537 g/mol. The number of ether oxygens (including phenoxy) is 1. The Hall–Kier alpha value is -3.56. The van der Waals surface area contributed by atoms with Crippen molar-refractivity contribution in [3.8, 4) is 0 Å². The van der Waals surface area contributed by atoms with E-state index >= 15 is 0 Å². The van der Waals surface area contributed by atoms with Crippen LogP contribution in [-0.2, 0) is 32.0 Å². The predicted molar refractivity (Wildman–Crippen MR) is 147 cm³/mol. The van der Waals surface area contributed by atoms with Crippen molar-refractivity contribution < 1.29 is 24.2 Å². The number of carbonyl (C=O) groups is 3. The van der Waals surface area contributed by atoms with E-state index in [4.69, 9.17) is 14.7 Å². The fourth-order valence-corrected chi connectivity index (χ4v) is 5.30. The lowest BCUT2D eigenvalue weighted by Crippen LogP contribution is -2.35. The highest BCUT2D eigenvalue weighted by Crippen LogP contribution is 2.33. The molecule has 4 rings (SSSR count). The van der Waals surface area contributed by atoms with E-state index in [0.717, 1.165) is 50.2 Å². The zero-order valence-corrected chi connectivity index (χ0v) is 23.3. The molecule has 10 heteroatoms. The Morgan fingerprint density at radius 2 is 1.82 bits per heavy atom. The number of piperidine rings is 1. The van der Waals surface area contributed by atoms with Crippen LogP contribution in [0.4, 0.5) is 11.6 Å². The number of hydrogen-bond acceptors (Lipinski definition) is 9. The Morgan fingerprint density at radius 3 is 2.51 bits per heavy atom. The Bertz CT molecular complexity index is 1220. The number of carbonyl (C=O) groups excluding carboxylic acids is 2. The fraction of sp³-hybridized carbons (Fsp3) is 0.586. The summed E-state index contributed by atoms with van der Waals surface area (Å²) < 4.78 is 5.04. The number of pyridine rings is 1. The van der Waals surface area contributed by atoms with Crippen molar-refractivity contribution in [1.82, 2.24) is 15.0 Å². The molecule has 0 aromatic carbocycles. The number of anilines is 2. The summed E-state index contributed by atoms with van der Waals surface area (Å²) in [4.78, 5) is 51.8. The van der Waals surface area contributed by atoms with E-state index in [0.29, 0.717) is 17.6 Å². The van der Waals surface area contributed by atoms with Gasteiger partial charge in [-0.25, -0.2) is 9.97 Å². The SMILES string of the molecule is CC(=O)C(C)OC(=O)CC(CNc1nc(C)nc(N2CCC(c3ccc4c(n3)CCCC4)CC2)c1C)C(=O)O. The molecule has 1 aliphatic carbocycles. The first-order chi connectivity index (χ1) is 18.6. The summed E-state index contributed by atoms with van der Waals surface area (Å²) >= 11 is 0. The number of nitrogens with zero attached hydrogens (tertiary/aromatic N) is 4. The first-order valence-corrected chi connectivity index (χ1v) is 13.9. The molecule has 2 atom stereocenters. The highest BCUT2D eigenvalue weighted by atomic mass is 16.5. The summed E-state index contributed by atoms with van der Waals surface area (Å²) in [6.07, 6.45) is 5.42. The standard InChI is InChI=1S/C29H39N5O5/c1-17-27(30-16-23(29(37)38)15-26(36)39-19(3)18(2)35)31-20(4)32-28(17)34-13-11-22(12-14-34)25-10-9-21-7-5-6-8-24(21)33-25/h9-10,19,22-23H,5-8,11-16H2,1-4H3,(H,37,38)(H,30,31,32). The summed E-state index contributed by atoms with van der Waals surface area (Å²) in [7, 11) is 0. The number of aliphatic carboxylic acids is 1. The smallest absolute Gasteiger partial charge is 0.308 e. The van der Waals surface area contributed by atoms with Crippen molar-refractivity contribution in [2.75, 3.05) is 29.9 Å². The van der Waals surface area contributed by atoms with Crippen molar-refractivity contribution in [1.29, 1.82) is 0 Å². The van der Waals surface area contributed by atoms with Gasteiger partial charge < -0.3 is 20.1 Å². The zero-order valence-electron chi connectivity index (χ0n) is 23.3. The first kappa shape index (κ1) is 28.4. The van der Waals surface area contributed by atoms with E-state index in [-0.39, 0.29) is 18.7 Å². The van der Waals surface area contributed by atoms with E-state index in [1.54, 1.807) is 0 Å². The summed E-state index contributed by atoms with van der Waals surface area (Å²) in [6, 6.07) is 4.48. The quantitative estimate of drug-likeness (QED) is 0.431. The van der Waals surface area contributed by atoms with Gasteiger partial charge in [-0.2, -0.15) is 0 Å². The molecule has 39 heavy (non-hydrogen) atoms. The number of aryl methyl sites for hydroxylation is 3. The summed E-state index contributed by atoms with van der Waals surface area (Å²) in [6.45, 7) is 8.20. The highest BCUT2D eigenvalue weighted by Gasteiger charge is 2.27. The number of carboxylic acid groups (broad SMARTS) is 1. The van der Waals surface area contributed by atoms with E-state index in [9.17, 15) is 19.5 Å². The number of esters is 1. The van der Waals surface area contributed by atoms with Crippen molar-refractivity contribution in [2.45, 2.75) is 84.7 Å². The zero-order chi connectivity index (χ0) is 28.1. The second-order valence-corrected chi connectivity index (χ2v) is 10.7. The van der Waals surface area contributed by atoms with Crippen LogP contribution < -0.4 is 10.2 Å². The van der Waals surface area contributed by atoms with Crippen LogP contribution in [0.1, 0.15) is 80.2 Å². The van der Waals surface area contributed by atoms with Gasteiger partial charge >= 0.3 is 11.9 Å². The summed E-state index contributed by atoms with van der Waals surface area (Å²) in [5.74, 6) is -0.785. The molecule has 0 radical (unpaired) electrons. The largest absolute Gasteiger partial charge is 0.481 e. The average molecular weight is 538 g/mol. The number of carboxylic acids is 1. The lowest BCUT2D eigenvalue weighted by atomic mass is 9.90. The predicted octanol–water partition coefficient (Wildman–Crippen LogP) is 3.77. The highest BCUT2D eigenvalue weighted by molar-refractivity contribution is 5.84. The third-order valence-electron chi connectivity index (χ3n) is 7.80. The number of hydrogen-bond donors (Lipinski definition) is 2. The Morgan fingerprint density at radius 1 is 1.10 bits per heavy atom. The molecule has 0 bridgehead atoms. The van der Waals surface area contributed by atoms with Gasteiger partial charge in [-0.05, 0) is 77.8 Å². The van der Waals surface area contributed by atoms with Crippen LogP contribution in [0.25, 0.3) is 0 Å². The minimum Gasteiger partial charge on any atom is -0.481 e. The van der Waals surface area contributed by atoms with Crippen molar-refractivity contribution in [2.24, 2.45) is 5.92 Å². The molecule has 2 unspecified atom stereocenters. The van der Waals surface area contributed by atoms with Gasteiger partial charge in [0.15, 0.2) is 11.9 Å². The molecule has 3 heterocycles. The molecule has 210 valence electrons. The van der Waals surface area contributed by atoms with Gasteiger partial charge in [0.25, 0.3) is 0 Å². The Balaban J connectivity index is 1.39. The molecule has 2 aromatic heterocycles. The van der Waals surface area contributed by atoms with Crippen LogP contribution in [-0.4, -0.2) is 63.5 Å². The van der Waals surface area contributed by atoms with Crippen LogP contribution in [0, 0.1) is 19.8 Å².